The predicted molar refractivity (Wildman–Crippen MR) is 83.4 cm³/mol. The summed E-state index contributed by atoms with van der Waals surface area (Å²) in [5.41, 5.74) is 7.14. The Morgan fingerprint density at radius 2 is 1.75 bits per heavy atom. The van der Waals surface area contributed by atoms with Crippen molar-refractivity contribution < 1.29 is 4.79 Å². The van der Waals surface area contributed by atoms with Crippen molar-refractivity contribution in [2.24, 2.45) is 5.73 Å². The van der Waals surface area contributed by atoms with Gasteiger partial charge in [-0.2, -0.15) is 0 Å². The summed E-state index contributed by atoms with van der Waals surface area (Å²) in [5.74, 6) is 0.0185. The highest BCUT2D eigenvalue weighted by molar-refractivity contribution is 6.03. The molecular formula is C16H25N3O. The van der Waals surface area contributed by atoms with E-state index in [0.717, 1.165) is 26.2 Å². The number of rotatable bonds is 4. The van der Waals surface area contributed by atoms with Crippen LogP contribution in [0.3, 0.4) is 0 Å². The third-order valence-electron chi connectivity index (χ3n) is 4.25. The van der Waals surface area contributed by atoms with Crippen LogP contribution in [0.15, 0.2) is 24.3 Å². The lowest BCUT2D eigenvalue weighted by Gasteiger charge is -2.34. The zero-order chi connectivity index (χ0) is 14.8. The molecule has 4 heteroatoms. The van der Waals surface area contributed by atoms with Crippen molar-refractivity contribution in [2.45, 2.75) is 25.8 Å². The Bertz CT molecular complexity index is 459. The third kappa shape index (κ3) is 3.19. The molecule has 1 aliphatic rings. The fourth-order valence-corrected chi connectivity index (χ4v) is 2.38. The number of nitrogens with zero attached hydrogens (tertiary/aromatic N) is 2. The number of hydrogen-bond donors (Lipinski definition) is 1. The van der Waals surface area contributed by atoms with E-state index in [1.54, 1.807) is 6.92 Å². The number of hydrogen-bond acceptors (Lipinski definition) is 4. The molecule has 0 amide bonds. The second kappa shape index (κ2) is 5.94. The van der Waals surface area contributed by atoms with E-state index in [0.29, 0.717) is 12.0 Å². The van der Waals surface area contributed by atoms with E-state index in [9.17, 15) is 4.79 Å². The summed E-state index contributed by atoms with van der Waals surface area (Å²) in [6.07, 6.45) is 0.645. The van der Waals surface area contributed by atoms with Crippen molar-refractivity contribution in [3.63, 3.8) is 0 Å². The van der Waals surface area contributed by atoms with Crippen LogP contribution in [0.25, 0.3) is 0 Å². The lowest BCUT2D eigenvalue weighted by molar-refractivity contribution is 0.0898. The van der Waals surface area contributed by atoms with Gasteiger partial charge in [-0.05, 0) is 44.7 Å². The first-order valence-corrected chi connectivity index (χ1v) is 7.31. The van der Waals surface area contributed by atoms with Crippen LogP contribution in [0, 0.1) is 0 Å². The maximum Gasteiger partial charge on any atom is 0.182 e. The van der Waals surface area contributed by atoms with E-state index in [4.69, 9.17) is 5.73 Å². The molecule has 110 valence electrons. The normalized spacial score (nSPS) is 19.7. The summed E-state index contributed by atoms with van der Waals surface area (Å²) in [7, 11) is 2.14. The summed E-state index contributed by atoms with van der Waals surface area (Å²) in [5, 5.41) is 0. The van der Waals surface area contributed by atoms with Gasteiger partial charge in [0.15, 0.2) is 5.78 Å². The van der Waals surface area contributed by atoms with Crippen molar-refractivity contribution in [3.05, 3.63) is 29.8 Å². The SMILES string of the molecule is CCC(C)(N)C(=O)c1ccc(N2CCN(C)CC2)cc1. The van der Waals surface area contributed by atoms with Crippen LogP contribution in [0.1, 0.15) is 30.6 Å². The molecule has 0 bridgehead atoms. The fourth-order valence-electron chi connectivity index (χ4n) is 2.38. The average molecular weight is 275 g/mol. The van der Waals surface area contributed by atoms with Gasteiger partial charge in [-0.3, -0.25) is 4.79 Å². The molecule has 1 saturated heterocycles. The second-order valence-electron chi connectivity index (χ2n) is 5.94. The smallest absolute Gasteiger partial charge is 0.182 e. The first-order chi connectivity index (χ1) is 9.44. The highest BCUT2D eigenvalue weighted by Gasteiger charge is 2.27. The molecule has 0 aliphatic carbocycles. The van der Waals surface area contributed by atoms with Crippen molar-refractivity contribution >= 4 is 11.5 Å². The van der Waals surface area contributed by atoms with Gasteiger partial charge in [-0.25, -0.2) is 0 Å². The van der Waals surface area contributed by atoms with Crippen LogP contribution in [0.2, 0.25) is 0 Å². The molecule has 1 aromatic rings. The quantitative estimate of drug-likeness (QED) is 0.851. The van der Waals surface area contributed by atoms with Crippen LogP contribution in [-0.4, -0.2) is 49.4 Å². The lowest BCUT2D eigenvalue weighted by atomic mass is 9.90. The molecule has 20 heavy (non-hydrogen) atoms. The number of benzene rings is 1. The zero-order valence-electron chi connectivity index (χ0n) is 12.7. The molecule has 0 saturated carbocycles. The van der Waals surface area contributed by atoms with Crippen molar-refractivity contribution in [2.75, 3.05) is 38.1 Å². The lowest BCUT2D eigenvalue weighted by Crippen LogP contribution is -2.45. The van der Waals surface area contributed by atoms with Gasteiger partial charge < -0.3 is 15.5 Å². The molecule has 0 aromatic heterocycles. The zero-order valence-corrected chi connectivity index (χ0v) is 12.7. The molecule has 1 fully saturated rings. The summed E-state index contributed by atoms with van der Waals surface area (Å²) in [4.78, 5) is 17.0. The largest absolute Gasteiger partial charge is 0.369 e. The Balaban J connectivity index is 2.09. The third-order valence-corrected chi connectivity index (χ3v) is 4.25. The van der Waals surface area contributed by atoms with Crippen LogP contribution in [-0.2, 0) is 0 Å². The number of likely N-dealkylation sites (N-methyl/N-ethyl adjacent to an activating group) is 1. The van der Waals surface area contributed by atoms with Gasteiger partial charge >= 0.3 is 0 Å². The van der Waals surface area contributed by atoms with E-state index in [1.807, 2.05) is 31.2 Å². The molecule has 0 spiro atoms. The number of carbonyl (C=O) groups is 1. The van der Waals surface area contributed by atoms with Gasteiger partial charge in [0.1, 0.15) is 0 Å². The Labute approximate surface area is 121 Å². The minimum Gasteiger partial charge on any atom is -0.369 e. The molecular weight excluding hydrogens is 250 g/mol. The number of anilines is 1. The Kier molecular flexibility index (Phi) is 4.45. The summed E-state index contributed by atoms with van der Waals surface area (Å²) < 4.78 is 0. The van der Waals surface area contributed by atoms with Crippen LogP contribution < -0.4 is 10.6 Å². The van der Waals surface area contributed by atoms with E-state index < -0.39 is 5.54 Å². The highest BCUT2D eigenvalue weighted by atomic mass is 16.1. The maximum atomic E-state index is 12.3. The molecule has 0 radical (unpaired) electrons. The number of ketones is 1. The number of piperazine rings is 1. The fraction of sp³-hybridized carbons (Fsp3) is 0.562. The minimum absolute atomic E-state index is 0.0185. The van der Waals surface area contributed by atoms with Crippen LogP contribution in [0.5, 0.6) is 0 Å². The molecule has 1 aromatic carbocycles. The Hall–Kier alpha value is -1.39. The van der Waals surface area contributed by atoms with E-state index in [1.165, 1.54) is 5.69 Å². The Morgan fingerprint density at radius 3 is 2.25 bits per heavy atom. The molecule has 2 rings (SSSR count). The predicted octanol–water partition coefficient (Wildman–Crippen LogP) is 1.75. The topological polar surface area (TPSA) is 49.6 Å². The summed E-state index contributed by atoms with van der Waals surface area (Å²) in [6, 6.07) is 7.86. The van der Waals surface area contributed by atoms with Gasteiger partial charge in [0.2, 0.25) is 0 Å². The minimum atomic E-state index is -0.768. The monoisotopic (exact) mass is 275 g/mol. The highest BCUT2D eigenvalue weighted by Crippen LogP contribution is 2.20. The summed E-state index contributed by atoms with van der Waals surface area (Å²) >= 11 is 0. The van der Waals surface area contributed by atoms with E-state index in [-0.39, 0.29) is 5.78 Å². The van der Waals surface area contributed by atoms with Gasteiger partial charge in [0, 0.05) is 37.4 Å². The molecule has 4 nitrogen and oxygen atoms in total. The molecule has 1 atom stereocenters. The van der Waals surface area contributed by atoms with Gasteiger partial charge in [-0.15, -0.1) is 0 Å². The second-order valence-corrected chi connectivity index (χ2v) is 5.94. The van der Waals surface area contributed by atoms with Gasteiger partial charge in [-0.1, -0.05) is 6.92 Å². The number of carbonyl (C=O) groups excluding carboxylic acids is 1. The molecule has 2 N–H and O–H groups in total. The molecule has 1 heterocycles. The van der Waals surface area contributed by atoms with Crippen molar-refractivity contribution in [1.82, 2.24) is 4.90 Å². The number of Topliss-reactive ketones (excluding diaryl/α,β-unsaturated/α-hetero) is 1. The first-order valence-electron chi connectivity index (χ1n) is 7.31. The molecule has 1 unspecified atom stereocenters. The van der Waals surface area contributed by atoms with Crippen LogP contribution in [0.4, 0.5) is 5.69 Å². The molecule has 1 aliphatic heterocycles. The van der Waals surface area contributed by atoms with Gasteiger partial charge in [0.25, 0.3) is 0 Å². The maximum absolute atomic E-state index is 12.3. The van der Waals surface area contributed by atoms with Crippen molar-refractivity contribution in [3.8, 4) is 0 Å². The number of nitrogens with two attached hydrogens (primary N) is 1. The van der Waals surface area contributed by atoms with E-state index in [2.05, 4.69) is 16.8 Å². The van der Waals surface area contributed by atoms with Gasteiger partial charge in [0.05, 0.1) is 5.54 Å². The standard InChI is InChI=1S/C16H25N3O/c1-4-16(2,17)15(20)13-5-7-14(8-6-13)19-11-9-18(3)10-12-19/h5-8H,4,9-12,17H2,1-3H3. The summed E-state index contributed by atoms with van der Waals surface area (Å²) in [6.45, 7) is 7.97. The first kappa shape index (κ1) is 15.0. The van der Waals surface area contributed by atoms with Crippen molar-refractivity contribution in [1.29, 1.82) is 0 Å². The average Bonchev–Trinajstić information content (AvgIpc) is 2.47. The van der Waals surface area contributed by atoms with Crippen LogP contribution >= 0.6 is 0 Å². The Morgan fingerprint density at radius 1 is 1.20 bits per heavy atom. The van der Waals surface area contributed by atoms with E-state index >= 15 is 0 Å².